The Morgan fingerprint density at radius 2 is 2.10 bits per heavy atom. The van der Waals surface area contributed by atoms with Crippen molar-refractivity contribution in [2.45, 2.75) is 32.6 Å². The minimum Gasteiger partial charge on any atom is -0.384 e. The fourth-order valence-electron chi connectivity index (χ4n) is 2.95. The van der Waals surface area contributed by atoms with Crippen LogP contribution in [0.2, 0.25) is 0 Å². The average molecular weight is 285 g/mol. The zero-order valence-corrected chi connectivity index (χ0v) is 12.9. The van der Waals surface area contributed by atoms with Gasteiger partial charge >= 0.3 is 0 Å². The Hall–Kier alpha value is -1.79. The lowest BCUT2D eigenvalue weighted by Crippen LogP contribution is -2.31. The second-order valence-electron chi connectivity index (χ2n) is 5.85. The molecule has 0 unspecified atom stereocenters. The molecule has 0 saturated heterocycles. The SMILES string of the molecule is Cc1ccc(C(=O)N(C)CC2CCCC2)c(C#CCO)c1. The lowest BCUT2D eigenvalue weighted by molar-refractivity contribution is 0.0773. The molecule has 3 heteroatoms. The molecule has 21 heavy (non-hydrogen) atoms. The molecule has 2 rings (SSSR count). The molecule has 1 aliphatic rings. The molecular weight excluding hydrogens is 262 g/mol. The predicted octanol–water partition coefficient (Wildman–Crippen LogP) is 2.60. The van der Waals surface area contributed by atoms with E-state index in [2.05, 4.69) is 11.8 Å². The van der Waals surface area contributed by atoms with Crippen molar-refractivity contribution in [3.05, 3.63) is 34.9 Å². The molecule has 1 saturated carbocycles. The molecule has 0 aromatic heterocycles. The largest absolute Gasteiger partial charge is 0.384 e. The minimum absolute atomic E-state index is 0.0177. The van der Waals surface area contributed by atoms with Crippen molar-refractivity contribution < 1.29 is 9.90 Å². The number of aryl methyl sites for hydroxylation is 1. The Morgan fingerprint density at radius 1 is 1.38 bits per heavy atom. The number of aliphatic hydroxyl groups excluding tert-OH is 1. The zero-order chi connectivity index (χ0) is 15.2. The number of hydrogen-bond acceptors (Lipinski definition) is 2. The van der Waals surface area contributed by atoms with Gasteiger partial charge in [0.25, 0.3) is 5.91 Å². The van der Waals surface area contributed by atoms with E-state index in [-0.39, 0.29) is 12.5 Å². The van der Waals surface area contributed by atoms with Crippen LogP contribution < -0.4 is 0 Å². The van der Waals surface area contributed by atoms with Crippen LogP contribution >= 0.6 is 0 Å². The molecule has 1 aromatic rings. The first-order chi connectivity index (χ1) is 10.1. The maximum Gasteiger partial charge on any atom is 0.254 e. The summed E-state index contributed by atoms with van der Waals surface area (Å²) in [5.74, 6) is 6.17. The van der Waals surface area contributed by atoms with Gasteiger partial charge in [-0.25, -0.2) is 0 Å². The van der Waals surface area contributed by atoms with Gasteiger partial charge in [-0.1, -0.05) is 30.7 Å². The molecule has 112 valence electrons. The number of aliphatic hydroxyl groups is 1. The summed E-state index contributed by atoms with van der Waals surface area (Å²) in [6, 6.07) is 5.67. The highest BCUT2D eigenvalue weighted by Crippen LogP contribution is 2.25. The second-order valence-corrected chi connectivity index (χ2v) is 5.85. The van der Waals surface area contributed by atoms with Crippen LogP contribution in [0.25, 0.3) is 0 Å². The van der Waals surface area contributed by atoms with Crippen LogP contribution in [0.1, 0.15) is 47.2 Å². The highest BCUT2D eigenvalue weighted by atomic mass is 16.2. The number of amides is 1. The van der Waals surface area contributed by atoms with E-state index in [1.807, 2.05) is 37.1 Å². The van der Waals surface area contributed by atoms with Gasteiger partial charge in [0.1, 0.15) is 6.61 Å². The molecule has 1 aliphatic carbocycles. The smallest absolute Gasteiger partial charge is 0.254 e. The monoisotopic (exact) mass is 285 g/mol. The molecule has 0 heterocycles. The summed E-state index contributed by atoms with van der Waals surface area (Å²) in [4.78, 5) is 14.4. The second kappa shape index (κ2) is 7.28. The van der Waals surface area contributed by atoms with Gasteiger partial charge in [-0.3, -0.25) is 4.79 Å². The van der Waals surface area contributed by atoms with Crippen molar-refractivity contribution in [1.82, 2.24) is 4.90 Å². The maximum atomic E-state index is 12.6. The predicted molar refractivity (Wildman–Crippen MR) is 84.1 cm³/mol. The summed E-state index contributed by atoms with van der Waals surface area (Å²) in [5, 5.41) is 8.86. The first kappa shape index (κ1) is 15.6. The molecule has 0 bridgehead atoms. The van der Waals surface area contributed by atoms with Gasteiger partial charge in [0.2, 0.25) is 0 Å². The van der Waals surface area contributed by atoms with Gasteiger partial charge < -0.3 is 10.0 Å². The van der Waals surface area contributed by atoms with Crippen molar-refractivity contribution in [3.63, 3.8) is 0 Å². The Balaban J connectivity index is 2.17. The van der Waals surface area contributed by atoms with E-state index in [4.69, 9.17) is 5.11 Å². The molecule has 0 spiro atoms. The topological polar surface area (TPSA) is 40.5 Å². The molecule has 0 radical (unpaired) electrons. The normalized spacial score (nSPS) is 14.6. The van der Waals surface area contributed by atoms with Crippen LogP contribution in [-0.4, -0.2) is 36.1 Å². The van der Waals surface area contributed by atoms with E-state index >= 15 is 0 Å². The van der Waals surface area contributed by atoms with E-state index in [0.717, 1.165) is 12.1 Å². The third kappa shape index (κ3) is 4.09. The Morgan fingerprint density at radius 3 is 2.76 bits per heavy atom. The maximum absolute atomic E-state index is 12.6. The average Bonchev–Trinajstić information content (AvgIpc) is 2.97. The number of carbonyl (C=O) groups is 1. The highest BCUT2D eigenvalue weighted by molar-refractivity contribution is 5.96. The molecule has 1 fully saturated rings. The van der Waals surface area contributed by atoms with Crippen molar-refractivity contribution in [3.8, 4) is 11.8 Å². The number of benzene rings is 1. The molecule has 0 aliphatic heterocycles. The van der Waals surface area contributed by atoms with Crippen LogP contribution in [0.4, 0.5) is 0 Å². The minimum atomic E-state index is -0.195. The van der Waals surface area contributed by atoms with Gasteiger partial charge in [0.05, 0.1) is 5.56 Å². The number of carbonyl (C=O) groups excluding carboxylic acids is 1. The summed E-state index contributed by atoms with van der Waals surface area (Å²) in [7, 11) is 1.86. The molecular formula is C18H23NO2. The van der Waals surface area contributed by atoms with E-state index in [9.17, 15) is 4.79 Å². The van der Waals surface area contributed by atoms with E-state index < -0.39 is 0 Å². The summed E-state index contributed by atoms with van der Waals surface area (Å²) in [5.41, 5.74) is 2.39. The highest BCUT2D eigenvalue weighted by Gasteiger charge is 2.21. The van der Waals surface area contributed by atoms with Crippen LogP contribution in [0.15, 0.2) is 18.2 Å². The van der Waals surface area contributed by atoms with Gasteiger partial charge in [-0.2, -0.15) is 0 Å². The summed E-state index contributed by atoms with van der Waals surface area (Å²) < 4.78 is 0. The first-order valence-electron chi connectivity index (χ1n) is 7.57. The molecule has 3 nitrogen and oxygen atoms in total. The van der Waals surface area contributed by atoms with Crippen molar-refractivity contribution >= 4 is 5.91 Å². The Labute approximate surface area is 127 Å². The first-order valence-corrected chi connectivity index (χ1v) is 7.57. The van der Waals surface area contributed by atoms with Gasteiger partial charge in [-0.15, -0.1) is 0 Å². The lowest BCUT2D eigenvalue weighted by atomic mass is 10.0. The summed E-state index contributed by atoms with van der Waals surface area (Å²) in [6.45, 7) is 2.60. The summed E-state index contributed by atoms with van der Waals surface area (Å²) in [6.07, 6.45) is 5.01. The third-order valence-electron chi connectivity index (χ3n) is 4.06. The van der Waals surface area contributed by atoms with Crippen LogP contribution in [0.5, 0.6) is 0 Å². The van der Waals surface area contributed by atoms with Crippen LogP contribution in [0, 0.1) is 24.7 Å². The van der Waals surface area contributed by atoms with Crippen LogP contribution in [0.3, 0.4) is 0 Å². The fraction of sp³-hybridized carbons (Fsp3) is 0.500. The van der Waals surface area contributed by atoms with E-state index in [0.29, 0.717) is 17.0 Å². The summed E-state index contributed by atoms with van der Waals surface area (Å²) >= 11 is 0. The van der Waals surface area contributed by atoms with Gasteiger partial charge in [0.15, 0.2) is 0 Å². The fourth-order valence-corrected chi connectivity index (χ4v) is 2.95. The standard InChI is InChI=1S/C18H23NO2/c1-14-9-10-17(16(12-14)8-5-11-20)18(21)19(2)13-15-6-3-4-7-15/h9-10,12,15,20H,3-4,6-7,11,13H2,1-2H3. The van der Waals surface area contributed by atoms with Crippen LogP contribution in [-0.2, 0) is 0 Å². The molecule has 0 atom stereocenters. The number of rotatable bonds is 3. The van der Waals surface area contributed by atoms with Gasteiger partial charge in [-0.05, 0) is 43.4 Å². The van der Waals surface area contributed by atoms with E-state index in [1.54, 1.807) is 0 Å². The molecule has 1 amide bonds. The van der Waals surface area contributed by atoms with Crippen molar-refractivity contribution in [2.75, 3.05) is 20.2 Å². The van der Waals surface area contributed by atoms with Gasteiger partial charge in [0, 0.05) is 19.2 Å². The molecule has 1 N–H and O–H groups in total. The Kier molecular flexibility index (Phi) is 5.41. The molecule has 1 aromatic carbocycles. The van der Waals surface area contributed by atoms with E-state index in [1.165, 1.54) is 25.7 Å². The van der Waals surface area contributed by atoms with Crippen molar-refractivity contribution in [2.24, 2.45) is 5.92 Å². The van der Waals surface area contributed by atoms with Crippen molar-refractivity contribution in [1.29, 1.82) is 0 Å². The Bertz CT molecular complexity index is 562. The zero-order valence-electron chi connectivity index (χ0n) is 12.9. The number of nitrogens with zero attached hydrogens (tertiary/aromatic N) is 1. The number of hydrogen-bond donors (Lipinski definition) is 1. The quantitative estimate of drug-likeness (QED) is 0.867. The lowest BCUT2D eigenvalue weighted by Gasteiger charge is -2.21. The third-order valence-corrected chi connectivity index (χ3v) is 4.06.